The summed E-state index contributed by atoms with van der Waals surface area (Å²) >= 11 is 1.35. The second-order valence-electron chi connectivity index (χ2n) is 4.07. The molecule has 0 aliphatic rings. The van der Waals surface area contributed by atoms with Gasteiger partial charge in [0.25, 0.3) is 5.91 Å². The second kappa shape index (κ2) is 6.82. The van der Waals surface area contributed by atoms with Crippen LogP contribution in [0.5, 0.6) is 0 Å². The highest BCUT2D eigenvalue weighted by atomic mass is 32.1. The molecule has 110 valence electrons. The zero-order valence-electron chi connectivity index (χ0n) is 11.3. The van der Waals surface area contributed by atoms with Crippen LogP contribution in [-0.2, 0) is 6.54 Å². The van der Waals surface area contributed by atoms with Crippen molar-refractivity contribution in [3.05, 3.63) is 40.3 Å². The van der Waals surface area contributed by atoms with Crippen LogP contribution < -0.4 is 21.7 Å². The summed E-state index contributed by atoms with van der Waals surface area (Å²) < 4.78 is 0. The monoisotopic (exact) mass is 305 g/mol. The van der Waals surface area contributed by atoms with E-state index in [1.54, 1.807) is 29.6 Å². The highest BCUT2D eigenvalue weighted by molar-refractivity contribution is 7.09. The molecule has 3 amide bonds. The van der Waals surface area contributed by atoms with E-state index in [0.29, 0.717) is 28.6 Å². The van der Waals surface area contributed by atoms with Crippen molar-refractivity contribution in [2.45, 2.75) is 6.54 Å². The van der Waals surface area contributed by atoms with E-state index in [2.05, 4.69) is 20.9 Å². The van der Waals surface area contributed by atoms with Crippen molar-refractivity contribution in [1.29, 1.82) is 0 Å². The van der Waals surface area contributed by atoms with Crippen LogP contribution in [0.2, 0.25) is 0 Å². The van der Waals surface area contributed by atoms with Crippen molar-refractivity contribution in [3.63, 3.8) is 0 Å². The third kappa shape index (κ3) is 4.01. The van der Waals surface area contributed by atoms with Gasteiger partial charge in [-0.1, -0.05) is 0 Å². The lowest BCUT2D eigenvalue weighted by molar-refractivity contribution is 0.102. The molecule has 0 spiro atoms. The summed E-state index contributed by atoms with van der Waals surface area (Å²) in [4.78, 5) is 27.2. The third-order valence-electron chi connectivity index (χ3n) is 2.59. The Labute approximate surface area is 125 Å². The summed E-state index contributed by atoms with van der Waals surface area (Å²) in [5.41, 5.74) is 7.05. The van der Waals surface area contributed by atoms with Crippen LogP contribution in [-0.4, -0.2) is 24.0 Å². The largest absolute Gasteiger partial charge is 0.341 e. The highest BCUT2D eigenvalue weighted by Gasteiger charge is 2.10. The quantitative estimate of drug-likeness (QED) is 0.688. The van der Waals surface area contributed by atoms with Crippen LogP contribution in [0.25, 0.3) is 0 Å². The van der Waals surface area contributed by atoms with Crippen LogP contribution in [0.3, 0.4) is 0 Å². The summed E-state index contributed by atoms with van der Waals surface area (Å²) in [6.45, 7) is 0.317. The Bertz CT molecular complexity index is 638. The molecule has 0 aliphatic carbocycles. The number of nitrogens with one attached hydrogen (secondary N) is 3. The van der Waals surface area contributed by atoms with Gasteiger partial charge in [-0.05, 0) is 24.3 Å². The fourth-order valence-electron chi connectivity index (χ4n) is 1.53. The summed E-state index contributed by atoms with van der Waals surface area (Å²) in [5, 5.41) is 10.2. The number of nitrogens with two attached hydrogens (primary N) is 1. The predicted octanol–water partition coefficient (Wildman–Crippen LogP) is 1.61. The Balaban J connectivity index is 1.99. The fourth-order valence-corrected chi connectivity index (χ4v) is 2.19. The predicted molar refractivity (Wildman–Crippen MR) is 82.5 cm³/mol. The lowest BCUT2D eigenvalue weighted by Gasteiger charge is -2.06. The van der Waals surface area contributed by atoms with Gasteiger partial charge in [0.2, 0.25) is 0 Å². The van der Waals surface area contributed by atoms with E-state index in [0.717, 1.165) is 0 Å². The van der Waals surface area contributed by atoms with Gasteiger partial charge in [-0.3, -0.25) is 4.79 Å². The molecule has 7 nitrogen and oxygen atoms in total. The van der Waals surface area contributed by atoms with E-state index in [1.807, 2.05) is 0 Å². The van der Waals surface area contributed by atoms with E-state index < -0.39 is 0 Å². The van der Waals surface area contributed by atoms with Gasteiger partial charge in [0.1, 0.15) is 10.7 Å². The molecule has 21 heavy (non-hydrogen) atoms. The number of urea groups is 1. The number of carbonyl (C=O) groups is 2. The normalized spacial score (nSPS) is 10.0. The SMILES string of the molecule is CNC(=O)Nc1ccc(NC(=O)c2csc(CN)n2)cc1. The van der Waals surface area contributed by atoms with Gasteiger partial charge >= 0.3 is 6.03 Å². The maximum atomic E-state index is 12.0. The van der Waals surface area contributed by atoms with E-state index in [4.69, 9.17) is 5.73 Å². The number of hydrogen-bond donors (Lipinski definition) is 4. The molecule has 0 atom stereocenters. The maximum absolute atomic E-state index is 12.0. The summed E-state index contributed by atoms with van der Waals surface area (Å²) in [5.74, 6) is -0.294. The summed E-state index contributed by atoms with van der Waals surface area (Å²) in [6.07, 6.45) is 0. The first-order valence-electron chi connectivity index (χ1n) is 6.17. The number of carbonyl (C=O) groups excluding carboxylic acids is 2. The van der Waals surface area contributed by atoms with Crippen LogP contribution in [0.15, 0.2) is 29.6 Å². The molecule has 0 fully saturated rings. The molecule has 1 aromatic carbocycles. The Hall–Kier alpha value is -2.45. The fraction of sp³-hybridized carbons (Fsp3) is 0.154. The first-order chi connectivity index (χ1) is 10.1. The highest BCUT2D eigenvalue weighted by Crippen LogP contribution is 2.15. The van der Waals surface area contributed by atoms with Gasteiger partial charge in [0, 0.05) is 30.3 Å². The molecule has 0 unspecified atom stereocenters. The standard InChI is InChI=1S/C13H15N5O2S/c1-15-13(20)17-9-4-2-8(3-5-9)16-12(19)10-7-21-11(6-14)18-10/h2-5,7H,6,14H2,1H3,(H,16,19)(H2,15,17,20). The minimum absolute atomic E-state index is 0.294. The van der Waals surface area contributed by atoms with E-state index in [1.165, 1.54) is 18.4 Å². The molecular formula is C13H15N5O2S. The first-order valence-corrected chi connectivity index (χ1v) is 7.05. The zero-order chi connectivity index (χ0) is 15.2. The molecule has 0 bridgehead atoms. The molecule has 1 heterocycles. The Morgan fingerprint density at radius 3 is 2.33 bits per heavy atom. The molecule has 0 saturated heterocycles. The number of hydrogen-bond acceptors (Lipinski definition) is 5. The molecule has 5 N–H and O–H groups in total. The van der Waals surface area contributed by atoms with Crippen LogP contribution in [0, 0.1) is 0 Å². The number of anilines is 2. The second-order valence-corrected chi connectivity index (χ2v) is 5.01. The average Bonchev–Trinajstić information content (AvgIpc) is 2.98. The molecule has 8 heteroatoms. The van der Waals surface area contributed by atoms with E-state index in [9.17, 15) is 9.59 Å². The van der Waals surface area contributed by atoms with Gasteiger partial charge in [-0.25, -0.2) is 9.78 Å². The number of amides is 3. The van der Waals surface area contributed by atoms with Crippen LogP contribution in [0.4, 0.5) is 16.2 Å². The van der Waals surface area contributed by atoms with Crippen LogP contribution >= 0.6 is 11.3 Å². The Kier molecular flexibility index (Phi) is 4.85. The number of rotatable bonds is 4. The molecule has 0 saturated carbocycles. The average molecular weight is 305 g/mol. The first kappa shape index (κ1) is 14.9. The van der Waals surface area contributed by atoms with Gasteiger partial charge in [-0.2, -0.15) is 0 Å². The maximum Gasteiger partial charge on any atom is 0.318 e. The summed E-state index contributed by atoms with van der Waals surface area (Å²) in [7, 11) is 1.54. The van der Waals surface area contributed by atoms with Crippen molar-refractivity contribution in [1.82, 2.24) is 10.3 Å². The van der Waals surface area contributed by atoms with E-state index in [-0.39, 0.29) is 11.9 Å². The zero-order valence-corrected chi connectivity index (χ0v) is 12.2. The topological polar surface area (TPSA) is 109 Å². The number of thiazole rings is 1. The molecular weight excluding hydrogens is 290 g/mol. The number of nitrogens with zero attached hydrogens (tertiary/aromatic N) is 1. The lowest BCUT2D eigenvalue weighted by Crippen LogP contribution is -2.24. The van der Waals surface area contributed by atoms with Crippen molar-refractivity contribution in [3.8, 4) is 0 Å². The molecule has 2 rings (SSSR count). The summed E-state index contributed by atoms with van der Waals surface area (Å²) in [6, 6.07) is 6.47. The van der Waals surface area contributed by atoms with Crippen molar-refractivity contribution >= 4 is 34.6 Å². The lowest BCUT2D eigenvalue weighted by atomic mass is 10.2. The molecule has 2 aromatic rings. The van der Waals surface area contributed by atoms with Gasteiger partial charge in [-0.15, -0.1) is 11.3 Å². The van der Waals surface area contributed by atoms with Crippen molar-refractivity contribution in [2.75, 3.05) is 17.7 Å². The Morgan fingerprint density at radius 2 is 1.81 bits per heavy atom. The third-order valence-corrected chi connectivity index (χ3v) is 3.46. The molecule has 0 radical (unpaired) electrons. The van der Waals surface area contributed by atoms with Crippen LogP contribution in [0.1, 0.15) is 15.5 Å². The van der Waals surface area contributed by atoms with Gasteiger partial charge in [0.05, 0.1) is 0 Å². The Morgan fingerprint density at radius 1 is 1.19 bits per heavy atom. The molecule has 1 aromatic heterocycles. The molecule has 0 aliphatic heterocycles. The number of benzene rings is 1. The van der Waals surface area contributed by atoms with Crippen molar-refractivity contribution < 1.29 is 9.59 Å². The minimum atomic E-state index is -0.302. The van der Waals surface area contributed by atoms with Crippen molar-refractivity contribution in [2.24, 2.45) is 5.73 Å². The minimum Gasteiger partial charge on any atom is -0.341 e. The smallest absolute Gasteiger partial charge is 0.318 e. The number of aromatic nitrogens is 1. The van der Waals surface area contributed by atoms with Gasteiger partial charge < -0.3 is 21.7 Å². The van der Waals surface area contributed by atoms with Gasteiger partial charge in [0.15, 0.2) is 0 Å². The van der Waals surface area contributed by atoms with E-state index >= 15 is 0 Å².